The number of hydrogen-bond donors (Lipinski definition) is 1. The third-order valence-electron chi connectivity index (χ3n) is 2.33. The number of carbonyl (C=O) groups excluding carboxylic acids is 1. The minimum absolute atomic E-state index is 0.0217. The maximum absolute atomic E-state index is 12.3. The minimum Gasteiger partial charge on any atom is -0.461 e. The molecule has 0 saturated heterocycles. The van der Waals surface area contributed by atoms with Gasteiger partial charge in [-0.25, -0.2) is 4.79 Å². The van der Waals surface area contributed by atoms with E-state index in [0.29, 0.717) is 0 Å². The number of hydrogen-bond acceptors (Lipinski definition) is 6. The number of aromatic nitrogens is 1. The van der Waals surface area contributed by atoms with Gasteiger partial charge in [-0.05, 0) is 19.1 Å². The van der Waals surface area contributed by atoms with Crippen molar-refractivity contribution in [2.75, 3.05) is 11.9 Å². The van der Waals surface area contributed by atoms with Crippen LogP contribution in [0.15, 0.2) is 34.9 Å². The summed E-state index contributed by atoms with van der Waals surface area (Å²) in [6, 6.07) is 6.00. The number of benzene rings is 1. The summed E-state index contributed by atoms with van der Waals surface area (Å²) in [5.41, 5.74) is 0.210. The Morgan fingerprint density at radius 2 is 2.19 bits per heavy atom. The van der Waals surface area contributed by atoms with E-state index >= 15 is 0 Å². The molecule has 6 nitrogen and oxygen atoms in total. The number of alkyl halides is 2. The van der Waals surface area contributed by atoms with Crippen molar-refractivity contribution in [3.8, 4) is 5.75 Å². The molecule has 0 spiro atoms. The van der Waals surface area contributed by atoms with Gasteiger partial charge < -0.3 is 19.2 Å². The quantitative estimate of drug-likeness (QED) is 0.826. The molecule has 2 rings (SSSR count). The lowest BCUT2D eigenvalue weighted by Gasteiger charge is -2.09. The monoisotopic (exact) mass is 298 g/mol. The van der Waals surface area contributed by atoms with Gasteiger partial charge in [-0.15, -0.1) is 0 Å². The molecule has 0 aliphatic carbocycles. The van der Waals surface area contributed by atoms with Crippen LogP contribution in [0, 0.1) is 0 Å². The second kappa shape index (κ2) is 6.69. The van der Waals surface area contributed by atoms with Gasteiger partial charge in [-0.2, -0.15) is 13.8 Å². The van der Waals surface area contributed by atoms with Crippen molar-refractivity contribution in [2.24, 2.45) is 0 Å². The average molecular weight is 298 g/mol. The maximum atomic E-state index is 12.3. The highest BCUT2D eigenvalue weighted by Crippen LogP contribution is 2.28. The fourth-order valence-electron chi connectivity index (χ4n) is 1.51. The van der Waals surface area contributed by atoms with E-state index in [2.05, 4.69) is 15.0 Å². The standard InChI is InChI=1S/C13H12F2N2O4/c1-2-19-11(18)9-7-20-13(17-9)16-8-5-3-4-6-10(8)21-12(14)15/h3-7,12H,2H2,1H3,(H,16,17). The number of carbonyl (C=O) groups is 1. The third kappa shape index (κ3) is 3.91. The predicted octanol–water partition coefficient (Wildman–Crippen LogP) is 3.20. The molecular formula is C13H12F2N2O4. The second-order valence-corrected chi connectivity index (χ2v) is 3.76. The van der Waals surface area contributed by atoms with E-state index in [4.69, 9.17) is 9.15 Å². The van der Waals surface area contributed by atoms with Gasteiger partial charge in [0.05, 0.1) is 12.3 Å². The molecule has 112 valence electrons. The fraction of sp³-hybridized carbons (Fsp3) is 0.231. The van der Waals surface area contributed by atoms with Crippen LogP contribution in [0.2, 0.25) is 0 Å². The van der Waals surface area contributed by atoms with Crippen molar-refractivity contribution < 1.29 is 27.5 Å². The maximum Gasteiger partial charge on any atom is 0.387 e. The lowest BCUT2D eigenvalue weighted by atomic mass is 10.3. The Labute approximate surface area is 118 Å². The molecule has 2 aromatic rings. The van der Waals surface area contributed by atoms with E-state index in [0.717, 1.165) is 6.26 Å². The molecule has 0 amide bonds. The van der Waals surface area contributed by atoms with Gasteiger partial charge in [0.1, 0.15) is 12.0 Å². The largest absolute Gasteiger partial charge is 0.461 e. The van der Waals surface area contributed by atoms with Gasteiger partial charge in [-0.1, -0.05) is 12.1 Å². The first-order valence-electron chi connectivity index (χ1n) is 6.03. The molecule has 1 heterocycles. The van der Waals surface area contributed by atoms with Crippen LogP contribution < -0.4 is 10.1 Å². The van der Waals surface area contributed by atoms with Gasteiger partial charge in [0.25, 0.3) is 6.01 Å². The number of esters is 1. The number of para-hydroxylation sites is 2. The van der Waals surface area contributed by atoms with Crippen LogP contribution in [0.3, 0.4) is 0 Å². The summed E-state index contributed by atoms with van der Waals surface area (Å²) < 4.78 is 38.7. The first-order chi connectivity index (χ1) is 10.1. The number of anilines is 2. The summed E-state index contributed by atoms with van der Waals surface area (Å²) in [6.45, 7) is -1.08. The Bertz CT molecular complexity index is 616. The van der Waals surface area contributed by atoms with Gasteiger partial charge in [-0.3, -0.25) is 0 Å². The summed E-state index contributed by atoms with van der Waals surface area (Å²) in [5, 5.41) is 2.65. The summed E-state index contributed by atoms with van der Waals surface area (Å²) >= 11 is 0. The van der Waals surface area contributed by atoms with Crippen molar-refractivity contribution in [1.29, 1.82) is 0 Å². The Balaban J connectivity index is 2.13. The third-order valence-corrected chi connectivity index (χ3v) is 2.33. The molecule has 0 fully saturated rings. The molecule has 0 atom stereocenters. The zero-order valence-corrected chi connectivity index (χ0v) is 11.0. The molecular weight excluding hydrogens is 286 g/mol. The summed E-state index contributed by atoms with van der Waals surface area (Å²) in [6.07, 6.45) is 1.11. The Morgan fingerprint density at radius 1 is 1.43 bits per heavy atom. The smallest absolute Gasteiger partial charge is 0.387 e. The van der Waals surface area contributed by atoms with Gasteiger partial charge in [0.2, 0.25) is 0 Å². The molecule has 1 aromatic heterocycles. The number of halogens is 2. The van der Waals surface area contributed by atoms with Gasteiger partial charge in [0.15, 0.2) is 5.69 Å². The van der Waals surface area contributed by atoms with Crippen molar-refractivity contribution in [3.63, 3.8) is 0 Å². The van der Waals surface area contributed by atoms with Crippen molar-refractivity contribution >= 4 is 17.7 Å². The molecule has 1 aromatic carbocycles. The van der Waals surface area contributed by atoms with Crippen molar-refractivity contribution in [1.82, 2.24) is 4.98 Å². The zero-order chi connectivity index (χ0) is 15.2. The summed E-state index contributed by atoms with van der Waals surface area (Å²) in [7, 11) is 0. The number of rotatable bonds is 6. The first-order valence-corrected chi connectivity index (χ1v) is 6.03. The second-order valence-electron chi connectivity index (χ2n) is 3.76. The number of nitrogens with one attached hydrogen (secondary N) is 1. The zero-order valence-electron chi connectivity index (χ0n) is 11.0. The number of ether oxygens (including phenoxy) is 2. The normalized spacial score (nSPS) is 10.5. The van der Waals surface area contributed by atoms with Crippen LogP contribution in [0.1, 0.15) is 17.4 Å². The highest BCUT2D eigenvalue weighted by atomic mass is 19.3. The highest BCUT2D eigenvalue weighted by molar-refractivity contribution is 5.87. The van der Waals surface area contributed by atoms with E-state index in [-0.39, 0.29) is 29.8 Å². The molecule has 0 saturated carbocycles. The van der Waals surface area contributed by atoms with Crippen LogP contribution in [0.25, 0.3) is 0 Å². The molecule has 0 radical (unpaired) electrons. The molecule has 0 unspecified atom stereocenters. The number of oxazole rings is 1. The van der Waals surface area contributed by atoms with Gasteiger partial charge in [0, 0.05) is 0 Å². The first kappa shape index (κ1) is 14.8. The molecule has 0 aliphatic rings. The Kier molecular flexibility index (Phi) is 4.70. The van der Waals surface area contributed by atoms with E-state index in [1.165, 1.54) is 12.1 Å². The number of nitrogens with zero attached hydrogens (tertiary/aromatic N) is 1. The topological polar surface area (TPSA) is 73.6 Å². The Morgan fingerprint density at radius 3 is 2.90 bits per heavy atom. The molecule has 8 heteroatoms. The van der Waals surface area contributed by atoms with E-state index in [1.807, 2.05) is 0 Å². The van der Waals surface area contributed by atoms with Crippen LogP contribution >= 0.6 is 0 Å². The van der Waals surface area contributed by atoms with Crippen LogP contribution in [0.4, 0.5) is 20.5 Å². The van der Waals surface area contributed by atoms with Crippen molar-refractivity contribution in [2.45, 2.75) is 13.5 Å². The lowest BCUT2D eigenvalue weighted by molar-refractivity contribution is -0.0493. The molecule has 0 aliphatic heterocycles. The molecule has 0 bridgehead atoms. The minimum atomic E-state index is -2.95. The Hall–Kier alpha value is -2.64. The molecule has 21 heavy (non-hydrogen) atoms. The average Bonchev–Trinajstić information content (AvgIpc) is 2.89. The molecule has 1 N–H and O–H groups in total. The lowest BCUT2D eigenvalue weighted by Crippen LogP contribution is -2.06. The van der Waals surface area contributed by atoms with Crippen LogP contribution in [0.5, 0.6) is 5.75 Å². The van der Waals surface area contributed by atoms with Crippen LogP contribution in [-0.4, -0.2) is 24.2 Å². The van der Waals surface area contributed by atoms with Crippen molar-refractivity contribution in [3.05, 3.63) is 36.2 Å². The van der Waals surface area contributed by atoms with Crippen LogP contribution in [-0.2, 0) is 4.74 Å². The highest BCUT2D eigenvalue weighted by Gasteiger charge is 2.15. The summed E-state index contributed by atoms with van der Waals surface area (Å²) in [5.74, 6) is -0.699. The summed E-state index contributed by atoms with van der Waals surface area (Å²) in [4.78, 5) is 15.3. The van der Waals surface area contributed by atoms with Gasteiger partial charge >= 0.3 is 12.6 Å². The fourth-order valence-corrected chi connectivity index (χ4v) is 1.51. The van der Waals surface area contributed by atoms with E-state index < -0.39 is 12.6 Å². The van der Waals surface area contributed by atoms with E-state index in [1.54, 1.807) is 19.1 Å². The SMILES string of the molecule is CCOC(=O)c1coc(Nc2ccccc2OC(F)F)n1. The predicted molar refractivity (Wildman–Crippen MR) is 68.8 cm³/mol. The van der Waals surface area contributed by atoms with E-state index in [9.17, 15) is 13.6 Å².